The lowest BCUT2D eigenvalue weighted by atomic mass is 9.97. The molecule has 1 aromatic rings. The second-order valence-electron chi connectivity index (χ2n) is 5.12. The normalized spacial score (nSPS) is 19.0. The highest BCUT2D eigenvalue weighted by Crippen LogP contribution is 2.23. The van der Waals surface area contributed by atoms with Crippen LogP contribution >= 0.6 is 11.3 Å². The minimum Gasteiger partial charge on any atom is -0.295 e. The van der Waals surface area contributed by atoms with E-state index in [0.717, 1.165) is 11.3 Å². The third-order valence-electron chi connectivity index (χ3n) is 3.43. The molecular formula is C12H17F3N2O2S2. The molecule has 4 nitrogen and oxygen atoms in total. The second kappa shape index (κ2) is 6.64. The Morgan fingerprint density at radius 3 is 2.52 bits per heavy atom. The maximum absolute atomic E-state index is 12.3. The molecule has 0 aromatic carbocycles. The van der Waals surface area contributed by atoms with E-state index in [4.69, 9.17) is 0 Å². The van der Waals surface area contributed by atoms with Crippen LogP contribution in [0, 0.1) is 5.92 Å². The number of nitrogens with one attached hydrogen (secondary N) is 1. The van der Waals surface area contributed by atoms with Crippen LogP contribution in [0.15, 0.2) is 21.7 Å². The van der Waals surface area contributed by atoms with Gasteiger partial charge in [0.2, 0.25) is 10.0 Å². The Labute approximate surface area is 126 Å². The van der Waals surface area contributed by atoms with Gasteiger partial charge in [-0.15, -0.1) is 11.3 Å². The van der Waals surface area contributed by atoms with E-state index in [1.54, 1.807) is 11.4 Å². The molecule has 0 spiro atoms. The number of sulfonamides is 1. The van der Waals surface area contributed by atoms with Crippen molar-refractivity contribution in [2.24, 2.45) is 5.92 Å². The number of nitrogens with zero attached hydrogens (tertiary/aromatic N) is 1. The summed E-state index contributed by atoms with van der Waals surface area (Å²) in [6, 6.07) is 3.19. The van der Waals surface area contributed by atoms with E-state index < -0.39 is 22.7 Å². The van der Waals surface area contributed by atoms with Gasteiger partial charge < -0.3 is 0 Å². The zero-order chi connectivity index (χ0) is 15.5. The smallest absolute Gasteiger partial charge is 0.295 e. The van der Waals surface area contributed by atoms with Gasteiger partial charge in [-0.2, -0.15) is 13.2 Å². The molecule has 2 heterocycles. The maximum Gasteiger partial charge on any atom is 0.401 e. The standard InChI is InChI=1S/C12H17F3N2O2S2/c13-12(14,15)9-17-5-3-10(4-6-17)8-16-21(18,19)11-2-1-7-20-11/h1-2,7,10,16H,3-6,8-9H2. The van der Waals surface area contributed by atoms with Gasteiger partial charge >= 0.3 is 6.18 Å². The van der Waals surface area contributed by atoms with Gasteiger partial charge in [-0.1, -0.05) is 6.07 Å². The highest BCUT2D eigenvalue weighted by molar-refractivity contribution is 7.91. The molecule has 0 radical (unpaired) electrons. The van der Waals surface area contributed by atoms with E-state index in [-0.39, 0.29) is 16.7 Å². The number of hydrogen-bond donors (Lipinski definition) is 1. The Morgan fingerprint density at radius 1 is 1.33 bits per heavy atom. The lowest BCUT2D eigenvalue weighted by molar-refractivity contribution is -0.148. The molecule has 1 N–H and O–H groups in total. The van der Waals surface area contributed by atoms with Crippen LogP contribution in [0.5, 0.6) is 0 Å². The summed E-state index contributed by atoms with van der Waals surface area (Å²) in [4.78, 5) is 1.37. The van der Waals surface area contributed by atoms with E-state index in [1.807, 2.05) is 0 Å². The number of likely N-dealkylation sites (tertiary alicyclic amines) is 1. The minimum atomic E-state index is -4.17. The SMILES string of the molecule is O=S(=O)(NCC1CCN(CC(F)(F)F)CC1)c1cccs1. The van der Waals surface area contributed by atoms with Gasteiger partial charge in [-0.05, 0) is 43.3 Å². The number of halogens is 3. The first kappa shape index (κ1) is 16.7. The maximum atomic E-state index is 12.3. The Balaban J connectivity index is 1.77. The van der Waals surface area contributed by atoms with Gasteiger partial charge in [-0.3, -0.25) is 4.90 Å². The summed E-state index contributed by atoms with van der Waals surface area (Å²) in [5, 5.41) is 1.68. The molecule has 120 valence electrons. The molecule has 21 heavy (non-hydrogen) atoms. The monoisotopic (exact) mass is 342 g/mol. The van der Waals surface area contributed by atoms with Gasteiger partial charge in [0, 0.05) is 6.54 Å². The number of rotatable bonds is 5. The average Bonchev–Trinajstić information content (AvgIpc) is 2.91. The summed E-state index contributed by atoms with van der Waals surface area (Å²) in [6.45, 7) is 0.0938. The number of thiophene rings is 1. The lowest BCUT2D eigenvalue weighted by Gasteiger charge is -2.32. The molecule has 1 saturated heterocycles. The van der Waals surface area contributed by atoms with Gasteiger partial charge in [-0.25, -0.2) is 13.1 Å². The van der Waals surface area contributed by atoms with Crippen molar-refractivity contribution in [3.05, 3.63) is 17.5 Å². The predicted octanol–water partition coefficient (Wildman–Crippen LogP) is 2.30. The molecule has 1 aliphatic rings. The summed E-state index contributed by atoms with van der Waals surface area (Å²) >= 11 is 1.14. The van der Waals surface area contributed by atoms with E-state index in [1.165, 1.54) is 11.0 Å². The molecule has 0 aliphatic carbocycles. The first-order valence-electron chi connectivity index (χ1n) is 6.58. The lowest BCUT2D eigenvalue weighted by Crippen LogP contribution is -2.42. The quantitative estimate of drug-likeness (QED) is 0.893. The third-order valence-corrected chi connectivity index (χ3v) is 6.25. The van der Waals surface area contributed by atoms with Gasteiger partial charge in [0.15, 0.2) is 0 Å². The highest BCUT2D eigenvalue weighted by Gasteiger charge is 2.32. The largest absolute Gasteiger partial charge is 0.401 e. The Morgan fingerprint density at radius 2 is 2.00 bits per heavy atom. The molecule has 0 bridgehead atoms. The van der Waals surface area contributed by atoms with E-state index in [0.29, 0.717) is 25.9 Å². The third kappa shape index (κ3) is 5.24. The highest BCUT2D eigenvalue weighted by atomic mass is 32.2. The second-order valence-corrected chi connectivity index (χ2v) is 8.06. The molecule has 1 aliphatic heterocycles. The zero-order valence-electron chi connectivity index (χ0n) is 11.3. The predicted molar refractivity (Wildman–Crippen MR) is 74.7 cm³/mol. The van der Waals surface area contributed by atoms with Crippen molar-refractivity contribution in [3.8, 4) is 0 Å². The summed E-state index contributed by atoms with van der Waals surface area (Å²) < 4.78 is 63.5. The van der Waals surface area contributed by atoms with Crippen molar-refractivity contribution in [3.63, 3.8) is 0 Å². The van der Waals surface area contributed by atoms with Crippen molar-refractivity contribution in [2.45, 2.75) is 23.2 Å². The van der Waals surface area contributed by atoms with Crippen LogP contribution in [0.2, 0.25) is 0 Å². The van der Waals surface area contributed by atoms with Crippen LogP contribution in [0.4, 0.5) is 13.2 Å². The topological polar surface area (TPSA) is 49.4 Å². The Kier molecular flexibility index (Phi) is 5.29. The fourth-order valence-corrected chi connectivity index (χ4v) is 4.47. The van der Waals surface area contributed by atoms with Crippen LogP contribution in [0.1, 0.15) is 12.8 Å². The molecule has 9 heteroatoms. The van der Waals surface area contributed by atoms with Crippen LogP contribution < -0.4 is 4.72 Å². The van der Waals surface area contributed by atoms with Gasteiger partial charge in [0.05, 0.1) is 6.54 Å². The van der Waals surface area contributed by atoms with E-state index in [2.05, 4.69) is 4.72 Å². The summed E-state index contributed by atoms with van der Waals surface area (Å²) in [6.07, 6.45) is -3.03. The molecule has 0 atom stereocenters. The first-order valence-corrected chi connectivity index (χ1v) is 8.95. The van der Waals surface area contributed by atoms with Crippen LogP contribution in [0.3, 0.4) is 0 Å². The fourth-order valence-electron chi connectivity index (χ4n) is 2.32. The van der Waals surface area contributed by atoms with Crippen molar-refractivity contribution < 1.29 is 21.6 Å². The minimum absolute atomic E-state index is 0.0872. The molecule has 0 amide bonds. The summed E-state index contributed by atoms with van der Waals surface area (Å²) in [5.41, 5.74) is 0. The van der Waals surface area contributed by atoms with Crippen LogP contribution in [-0.2, 0) is 10.0 Å². The molecule has 1 fully saturated rings. The molecule has 2 rings (SSSR count). The summed E-state index contributed by atoms with van der Waals surface area (Å²) in [5.74, 6) is 0.0872. The van der Waals surface area contributed by atoms with Crippen molar-refractivity contribution in [2.75, 3.05) is 26.2 Å². The fraction of sp³-hybridized carbons (Fsp3) is 0.667. The van der Waals surface area contributed by atoms with Gasteiger partial charge in [0.25, 0.3) is 0 Å². The Hall–Kier alpha value is -0.640. The van der Waals surface area contributed by atoms with Crippen LogP contribution in [-0.4, -0.2) is 45.7 Å². The van der Waals surface area contributed by atoms with Gasteiger partial charge in [0.1, 0.15) is 4.21 Å². The molecule has 1 aromatic heterocycles. The number of piperidine rings is 1. The molecule has 0 saturated carbocycles. The molecule has 0 unspecified atom stereocenters. The summed E-state index contributed by atoms with van der Waals surface area (Å²) in [7, 11) is -3.48. The average molecular weight is 342 g/mol. The van der Waals surface area contributed by atoms with Crippen molar-refractivity contribution in [1.82, 2.24) is 9.62 Å². The van der Waals surface area contributed by atoms with Crippen molar-refractivity contribution in [1.29, 1.82) is 0 Å². The molecular weight excluding hydrogens is 325 g/mol. The zero-order valence-corrected chi connectivity index (χ0v) is 12.9. The Bertz CT molecular complexity index is 535. The van der Waals surface area contributed by atoms with E-state index >= 15 is 0 Å². The number of alkyl halides is 3. The van der Waals surface area contributed by atoms with E-state index in [9.17, 15) is 21.6 Å². The number of hydrogen-bond acceptors (Lipinski definition) is 4. The first-order chi connectivity index (χ1) is 9.76. The van der Waals surface area contributed by atoms with Crippen LogP contribution in [0.25, 0.3) is 0 Å². The van der Waals surface area contributed by atoms with Crippen molar-refractivity contribution >= 4 is 21.4 Å².